The standard InChI is InChI=1S/C21H32O8/c1-17(2)20(27-5)7-6-18(3,25)21(17,26)13(24)16-19(4)10(14(20)29-16)9(8-22)11(23)12-15(19)28-12/h9-12,14-16,22-23,25-26H,6-8H2,1-5H3/t9-,10+,11+,12+,14-,15+,16-,18+,19-,20+,21-/m0/s1. The van der Waals surface area contributed by atoms with Crippen molar-refractivity contribution in [3.63, 3.8) is 0 Å². The fourth-order valence-electron chi connectivity index (χ4n) is 7.85. The SMILES string of the molecule is CO[C@]12CC[C@@](C)(O)[C@](O)(C(=O)[C@@H]3O[C@H]1[C@H]1[C@H](CO)[C@@H](O)[C@H]4O[C@H]4[C@]13C)C2(C)C. The first-order chi connectivity index (χ1) is 13.4. The number of methoxy groups -OCH3 is 1. The van der Waals surface area contributed by atoms with E-state index in [0.29, 0.717) is 6.42 Å². The molecule has 0 unspecified atom stereocenters. The number of hydrogen-bond donors (Lipinski definition) is 4. The summed E-state index contributed by atoms with van der Waals surface area (Å²) in [5.41, 5.74) is -6.85. The van der Waals surface area contributed by atoms with Crippen molar-refractivity contribution < 1.29 is 39.4 Å². The Bertz CT molecular complexity index is 766. The summed E-state index contributed by atoms with van der Waals surface area (Å²) in [5, 5.41) is 44.1. The van der Waals surface area contributed by atoms with Gasteiger partial charge < -0.3 is 34.6 Å². The second-order valence-corrected chi connectivity index (χ2v) is 10.8. The largest absolute Gasteiger partial charge is 0.396 e. The van der Waals surface area contributed by atoms with E-state index in [2.05, 4.69) is 0 Å². The maximum atomic E-state index is 14.0. The molecule has 2 aliphatic carbocycles. The first kappa shape index (κ1) is 20.3. The molecule has 11 atom stereocenters. The number of rotatable bonds is 2. The van der Waals surface area contributed by atoms with Crippen molar-refractivity contribution in [2.75, 3.05) is 13.7 Å². The van der Waals surface area contributed by atoms with Gasteiger partial charge in [-0.3, -0.25) is 4.79 Å². The van der Waals surface area contributed by atoms with Crippen LogP contribution in [-0.2, 0) is 19.0 Å². The van der Waals surface area contributed by atoms with Crippen molar-refractivity contribution in [1.82, 2.24) is 0 Å². The van der Waals surface area contributed by atoms with Crippen molar-refractivity contribution >= 4 is 5.78 Å². The van der Waals surface area contributed by atoms with Crippen molar-refractivity contribution in [3.05, 3.63) is 0 Å². The molecular formula is C21H32O8. The van der Waals surface area contributed by atoms with Gasteiger partial charge in [-0.05, 0) is 19.8 Å². The van der Waals surface area contributed by atoms with Gasteiger partial charge in [0.15, 0.2) is 11.4 Å². The Morgan fingerprint density at radius 3 is 2.34 bits per heavy atom. The van der Waals surface area contributed by atoms with Gasteiger partial charge in [-0.25, -0.2) is 0 Å². The number of fused-ring (bicyclic) bond motifs is 10. The molecule has 8 heteroatoms. The van der Waals surface area contributed by atoms with Crippen LogP contribution in [0, 0.1) is 22.7 Å². The monoisotopic (exact) mass is 412 g/mol. The van der Waals surface area contributed by atoms with Crippen molar-refractivity contribution in [2.45, 2.75) is 87.9 Å². The number of ether oxygens (including phenoxy) is 3. The zero-order chi connectivity index (χ0) is 21.4. The van der Waals surface area contributed by atoms with Crippen molar-refractivity contribution in [3.8, 4) is 0 Å². The van der Waals surface area contributed by atoms with Gasteiger partial charge in [-0.15, -0.1) is 0 Å². The minimum absolute atomic E-state index is 0.164. The number of aliphatic hydroxyl groups is 4. The molecule has 5 rings (SSSR count). The predicted octanol–water partition coefficient (Wildman–Crippen LogP) is -0.603. The van der Waals surface area contributed by atoms with E-state index in [4.69, 9.17) is 14.2 Å². The molecule has 29 heavy (non-hydrogen) atoms. The minimum atomic E-state index is -2.09. The van der Waals surface area contributed by atoms with Crippen molar-refractivity contribution in [1.29, 1.82) is 0 Å². The summed E-state index contributed by atoms with van der Waals surface area (Å²) >= 11 is 0. The molecule has 0 amide bonds. The van der Waals surface area contributed by atoms with Crippen LogP contribution in [0.5, 0.6) is 0 Å². The number of Topliss-reactive ketones (excluding diaryl/α,β-unsaturated/α-hetero) is 1. The maximum Gasteiger partial charge on any atom is 0.197 e. The summed E-state index contributed by atoms with van der Waals surface area (Å²) in [7, 11) is 1.54. The normalized spacial score (nSPS) is 62.2. The maximum absolute atomic E-state index is 14.0. The molecular weight excluding hydrogens is 380 g/mol. The molecule has 0 spiro atoms. The number of ketones is 1. The van der Waals surface area contributed by atoms with Crippen LogP contribution in [0.4, 0.5) is 0 Å². The van der Waals surface area contributed by atoms with Crippen LogP contribution in [0.1, 0.15) is 40.5 Å². The zero-order valence-corrected chi connectivity index (χ0v) is 17.6. The Morgan fingerprint density at radius 2 is 1.76 bits per heavy atom. The van der Waals surface area contributed by atoms with Gasteiger partial charge in [0.05, 0.1) is 23.9 Å². The average Bonchev–Trinajstić information content (AvgIpc) is 3.41. The van der Waals surface area contributed by atoms with Crippen LogP contribution in [0.2, 0.25) is 0 Å². The first-order valence-corrected chi connectivity index (χ1v) is 10.5. The summed E-state index contributed by atoms with van der Waals surface area (Å²) in [6.07, 6.45) is -2.88. The number of carbonyl (C=O) groups is 1. The highest BCUT2D eigenvalue weighted by Gasteiger charge is 2.85. The van der Waals surface area contributed by atoms with E-state index >= 15 is 0 Å². The molecule has 0 aromatic carbocycles. The highest BCUT2D eigenvalue weighted by atomic mass is 16.6. The molecule has 3 aliphatic heterocycles. The summed E-state index contributed by atoms with van der Waals surface area (Å²) < 4.78 is 18.3. The van der Waals surface area contributed by atoms with Crippen LogP contribution in [0.3, 0.4) is 0 Å². The topological polar surface area (TPSA) is 129 Å². The molecule has 3 saturated heterocycles. The molecule has 0 aromatic heterocycles. The molecule has 164 valence electrons. The Morgan fingerprint density at radius 1 is 1.10 bits per heavy atom. The molecule has 5 fully saturated rings. The summed E-state index contributed by atoms with van der Waals surface area (Å²) in [5.74, 6) is -1.50. The number of aliphatic hydroxyl groups excluding tert-OH is 2. The predicted molar refractivity (Wildman–Crippen MR) is 98.8 cm³/mol. The molecule has 0 aromatic rings. The Hall–Kier alpha value is -0.610. The van der Waals surface area contributed by atoms with Gasteiger partial charge in [0.1, 0.15) is 17.8 Å². The van der Waals surface area contributed by atoms with Gasteiger partial charge >= 0.3 is 0 Å². The third-order valence-corrected chi connectivity index (χ3v) is 9.62. The summed E-state index contributed by atoms with van der Waals surface area (Å²) in [6, 6.07) is 0. The van der Waals surface area contributed by atoms with Gasteiger partial charge in [0.2, 0.25) is 0 Å². The van der Waals surface area contributed by atoms with Gasteiger partial charge in [-0.2, -0.15) is 0 Å². The van der Waals surface area contributed by atoms with Crippen LogP contribution in [0.15, 0.2) is 0 Å². The average molecular weight is 412 g/mol. The lowest BCUT2D eigenvalue weighted by atomic mass is 9.43. The molecule has 2 saturated carbocycles. The summed E-state index contributed by atoms with van der Waals surface area (Å²) in [4.78, 5) is 14.0. The smallest absolute Gasteiger partial charge is 0.197 e. The second kappa shape index (κ2) is 5.41. The Labute approximate surface area is 170 Å². The van der Waals surface area contributed by atoms with E-state index in [9.17, 15) is 25.2 Å². The quantitative estimate of drug-likeness (QED) is 0.443. The van der Waals surface area contributed by atoms with Gasteiger partial charge in [-0.1, -0.05) is 20.8 Å². The molecule has 0 radical (unpaired) electrons. The van der Waals surface area contributed by atoms with E-state index in [0.717, 1.165) is 0 Å². The number of epoxide rings is 1. The van der Waals surface area contributed by atoms with Crippen LogP contribution in [-0.4, -0.2) is 87.2 Å². The fourth-order valence-corrected chi connectivity index (χ4v) is 7.85. The molecule has 4 bridgehead atoms. The van der Waals surface area contributed by atoms with Gasteiger partial charge in [0, 0.05) is 36.4 Å². The molecule has 4 N–H and O–H groups in total. The first-order valence-electron chi connectivity index (χ1n) is 10.5. The zero-order valence-electron chi connectivity index (χ0n) is 17.6. The third-order valence-electron chi connectivity index (χ3n) is 9.62. The van der Waals surface area contributed by atoms with Crippen LogP contribution >= 0.6 is 0 Å². The van der Waals surface area contributed by atoms with Gasteiger partial charge in [0.25, 0.3) is 0 Å². The number of hydrogen-bond acceptors (Lipinski definition) is 8. The Kier molecular flexibility index (Phi) is 3.79. The van der Waals surface area contributed by atoms with Crippen LogP contribution in [0.25, 0.3) is 0 Å². The molecule has 3 heterocycles. The third kappa shape index (κ3) is 1.82. The van der Waals surface area contributed by atoms with E-state index in [-0.39, 0.29) is 13.0 Å². The minimum Gasteiger partial charge on any atom is -0.396 e. The lowest BCUT2D eigenvalue weighted by molar-refractivity contribution is -0.297. The van der Waals surface area contributed by atoms with Crippen molar-refractivity contribution in [2.24, 2.45) is 22.7 Å². The highest BCUT2D eigenvalue weighted by molar-refractivity contribution is 5.95. The molecule has 5 aliphatic rings. The van der Waals surface area contributed by atoms with Crippen LogP contribution < -0.4 is 0 Å². The summed E-state index contributed by atoms with van der Waals surface area (Å²) in [6.45, 7) is 6.61. The van der Waals surface area contributed by atoms with E-state index < -0.39 is 75.8 Å². The number of carbonyl (C=O) groups excluding carboxylic acids is 1. The fraction of sp³-hybridized carbons (Fsp3) is 0.952. The lowest BCUT2D eigenvalue weighted by Crippen LogP contribution is -2.80. The second-order valence-electron chi connectivity index (χ2n) is 10.8. The molecule has 8 nitrogen and oxygen atoms in total. The van der Waals surface area contributed by atoms with E-state index in [1.54, 1.807) is 13.8 Å². The van der Waals surface area contributed by atoms with E-state index in [1.165, 1.54) is 14.0 Å². The lowest BCUT2D eigenvalue weighted by Gasteiger charge is -2.64. The van der Waals surface area contributed by atoms with E-state index in [1.807, 2.05) is 6.92 Å². The Balaban J connectivity index is 1.78. The highest BCUT2D eigenvalue weighted by Crippen LogP contribution is 2.70.